The van der Waals surface area contributed by atoms with Crippen LogP contribution in [0.5, 0.6) is 0 Å². The highest BCUT2D eigenvalue weighted by Crippen LogP contribution is 2.29. The second-order valence-electron chi connectivity index (χ2n) is 6.19. The Labute approximate surface area is 134 Å². The summed E-state index contributed by atoms with van der Waals surface area (Å²) < 4.78 is 5.66. The highest BCUT2D eigenvalue weighted by Gasteiger charge is 2.42. The minimum Gasteiger partial charge on any atom is -0.377 e. The second kappa shape index (κ2) is 6.12. The molecule has 0 aliphatic carbocycles. The fourth-order valence-corrected chi connectivity index (χ4v) is 3.12. The van der Waals surface area contributed by atoms with Gasteiger partial charge in [-0.1, -0.05) is 31.0 Å². The number of ether oxygens (including phenoxy) is 1. The highest BCUT2D eigenvalue weighted by molar-refractivity contribution is 6.20. The van der Waals surface area contributed by atoms with Crippen LogP contribution in [0.2, 0.25) is 0 Å². The number of hydroxylamine groups is 2. The number of benzene rings is 1. The van der Waals surface area contributed by atoms with Gasteiger partial charge >= 0.3 is 5.97 Å². The van der Waals surface area contributed by atoms with Gasteiger partial charge in [0.25, 0.3) is 11.8 Å². The molecule has 0 aromatic heterocycles. The molecule has 0 spiro atoms. The monoisotopic (exact) mass is 317 g/mol. The van der Waals surface area contributed by atoms with Crippen LogP contribution in [0.25, 0.3) is 0 Å². The lowest BCUT2D eigenvalue weighted by Crippen LogP contribution is -2.43. The third-order valence-corrected chi connectivity index (χ3v) is 4.26. The molecule has 3 rings (SSSR count). The van der Waals surface area contributed by atoms with Crippen molar-refractivity contribution in [1.82, 2.24) is 5.06 Å². The number of hydrogen-bond acceptors (Lipinski definition) is 5. The lowest BCUT2D eigenvalue weighted by atomic mass is 9.87. The first-order valence-electron chi connectivity index (χ1n) is 7.82. The standard InChI is InChI=1S/C17H19NO5/c1-10(2)14-13(8-5-9-22-14)17(21)23-18-15(19)11-6-3-4-7-12(11)16(18)20/h3-4,6-7,10,13-14H,5,8-9H2,1-2H3/t13-,14-/m0/s1. The van der Waals surface area contributed by atoms with Crippen molar-refractivity contribution in [3.63, 3.8) is 0 Å². The molecule has 6 nitrogen and oxygen atoms in total. The first-order chi connectivity index (χ1) is 11.0. The van der Waals surface area contributed by atoms with Gasteiger partial charge in [0.15, 0.2) is 0 Å². The molecule has 2 amide bonds. The molecule has 23 heavy (non-hydrogen) atoms. The van der Waals surface area contributed by atoms with E-state index in [1.54, 1.807) is 24.3 Å². The van der Waals surface area contributed by atoms with E-state index in [1.165, 1.54) is 0 Å². The van der Waals surface area contributed by atoms with Crippen LogP contribution < -0.4 is 0 Å². The number of hydrogen-bond donors (Lipinski definition) is 0. The average Bonchev–Trinajstić information content (AvgIpc) is 2.80. The van der Waals surface area contributed by atoms with Crippen LogP contribution in [0, 0.1) is 11.8 Å². The van der Waals surface area contributed by atoms with E-state index in [2.05, 4.69) is 0 Å². The van der Waals surface area contributed by atoms with E-state index in [0.29, 0.717) is 18.1 Å². The second-order valence-corrected chi connectivity index (χ2v) is 6.19. The van der Waals surface area contributed by atoms with Crippen molar-refractivity contribution >= 4 is 17.8 Å². The van der Waals surface area contributed by atoms with Crippen molar-refractivity contribution in [3.05, 3.63) is 35.4 Å². The summed E-state index contributed by atoms with van der Waals surface area (Å²) in [6.45, 7) is 4.55. The molecular weight excluding hydrogens is 298 g/mol. The summed E-state index contributed by atoms with van der Waals surface area (Å²) in [6, 6.07) is 6.42. The van der Waals surface area contributed by atoms with Gasteiger partial charge in [-0.15, -0.1) is 0 Å². The average molecular weight is 317 g/mol. The van der Waals surface area contributed by atoms with Gasteiger partial charge < -0.3 is 9.57 Å². The summed E-state index contributed by atoms with van der Waals surface area (Å²) in [7, 11) is 0. The van der Waals surface area contributed by atoms with Crippen molar-refractivity contribution in [2.75, 3.05) is 6.61 Å². The fraction of sp³-hybridized carbons (Fsp3) is 0.471. The van der Waals surface area contributed by atoms with Gasteiger partial charge in [-0.05, 0) is 30.9 Å². The molecule has 0 bridgehead atoms. The largest absolute Gasteiger partial charge is 0.377 e. The Kier molecular flexibility index (Phi) is 4.17. The lowest BCUT2D eigenvalue weighted by molar-refractivity contribution is -0.184. The maximum absolute atomic E-state index is 12.5. The molecule has 6 heteroatoms. The first-order valence-corrected chi connectivity index (χ1v) is 7.82. The molecule has 0 unspecified atom stereocenters. The van der Waals surface area contributed by atoms with Crippen LogP contribution >= 0.6 is 0 Å². The number of imide groups is 1. The van der Waals surface area contributed by atoms with E-state index in [1.807, 2.05) is 13.8 Å². The van der Waals surface area contributed by atoms with Gasteiger partial charge in [-0.25, -0.2) is 4.79 Å². The summed E-state index contributed by atoms with van der Waals surface area (Å²) in [5.41, 5.74) is 0.510. The van der Waals surface area contributed by atoms with E-state index >= 15 is 0 Å². The molecule has 122 valence electrons. The summed E-state index contributed by atoms with van der Waals surface area (Å²) in [6.07, 6.45) is 1.13. The zero-order chi connectivity index (χ0) is 16.6. The third-order valence-electron chi connectivity index (χ3n) is 4.26. The smallest absolute Gasteiger partial charge is 0.338 e. The molecule has 2 aliphatic heterocycles. The Morgan fingerprint density at radius 2 is 1.83 bits per heavy atom. The lowest BCUT2D eigenvalue weighted by Gasteiger charge is -2.33. The minimum atomic E-state index is -0.600. The number of carbonyl (C=O) groups is 3. The summed E-state index contributed by atoms with van der Waals surface area (Å²) >= 11 is 0. The molecule has 1 fully saturated rings. The predicted octanol–water partition coefficient (Wildman–Crippen LogP) is 2.19. The van der Waals surface area contributed by atoms with Gasteiger partial charge in [-0.2, -0.15) is 0 Å². The molecule has 0 saturated carbocycles. The number of fused-ring (bicyclic) bond motifs is 1. The van der Waals surface area contributed by atoms with Crippen molar-refractivity contribution in [2.24, 2.45) is 11.8 Å². The maximum atomic E-state index is 12.5. The van der Waals surface area contributed by atoms with Crippen LogP contribution in [0.15, 0.2) is 24.3 Å². The van der Waals surface area contributed by atoms with Crippen molar-refractivity contribution in [1.29, 1.82) is 0 Å². The Hall–Kier alpha value is -2.21. The highest BCUT2D eigenvalue weighted by atomic mass is 16.7. The molecule has 1 aromatic rings. The summed E-state index contributed by atoms with van der Waals surface area (Å²) in [5, 5.41) is 0.568. The number of amides is 2. The molecule has 0 N–H and O–H groups in total. The normalized spacial score (nSPS) is 24.0. The third kappa shape index (κ3) is 2.74. The van der Waals surface area contributed by atoms with E-state index in [-0.39, 0.29) is 23.1 Å². The van der Waals surface area contributed by atoms with Crippen LogP contribution in [0.1, 0.15) is 47.4 Å². The number of nitrogens with zero attached hydrogens (tertiary/aromatic N) is 1. The summed E-state index contributed by atoms with van der Waals surface area (Å²) in [4.78, 5) is 42.1. The predicted molar refractivity (Wildman–Crippen MR) is 80.3 cm³/mol. The fourth-order valence-electron chi connectivity index (χ4n) is 3.12. The van der Waals surface area contributed by atoms with Crippen LogP contribution in [0.4, 0.5) is 0 Å². The van der Waals surface area contributed by atoms with E-state index in [4.69, 9.17) is 9.57 Å². The van der Waals surface area contributed by atoms with Crippen LogP contribution in [-0.4, -0.2) is 35.6 Å². The van der Waals surface area contributed by atoms with Crippen LogP contribution in [-0.2, 0) is 14.4 Å². The van der Waals surface area contributed by atoms with Crippen molar-refractivity contribution < 1.29 is 24.0 Å². The Bertz CT molecular complexity index is 619. The van der Waals surface area contributed by atoms with Gasteiger partial charge in [0.2, 0.25) is 0 Å². The van der Waals surface area contributed by atoms with Crippen molar-refractivity contribution in [3.8, 4) is 0 Å². The number of rotatable bonds is 3. The Morgan fingerprint density at radius 1 is 1.22 bits per heavy atom. The van der Waals surface area contributed by atoms with Gasteiger partial charge in [0, 0.05) is 6.61 Å². The zero-order valence-corrected chi connectivity index (χ0v) is 13.2. The van der Waals surface area contributed by atoms with E-state index < -0.39 is 23.7 Å². The molecule has 2 aliphatic rings. The molecule has 0 radical (unpaired) electrons. The number of carbonyl (C=O) groups excluding carboxylic acids is 3. The molecule has 2 atom stereocenters. The summed E-state index contributed by atoms with van der Waals surface area (Å²) in [5.74, 6) is -2.10. The zero-order valence-electron chi connectivity index (χ0n) is 13.2. The molecule has 1 saturated heterocycles. The molecule has 1 aromatic carbocycles. The maximum Gasteiger partial charge on any atom is 0.338 e. The molecular formula is C17H19NO5. The van der Waals surface area contributed by atoms with Gasteiger partial charge in [0.1, 0.15) is 0 Å². The topological polar surface area (TPSA) is 72.9 Å². The van der Waals surface area contributed by atoms with Gasteiger partial charge in [-0.3, -0.25) is 9.59 Å². The SMILES string of the molecule is CC(C)[C@@H]1OCCC[C@@H]1C(=O)ON1C(=O)c2ccccc2C1=O. The first kappa shape index (κ1) is 15.7. The van der Waals surface area contributed by atoms with E-state index in [9.17, 15) is 14.4 Å². The molecule has 2 heterocycles. The van der Waals surface area contributed by atoms with E-state index in [0.717, 1.165) is 6.42 Å². The minimum absolute atomic E-state index is 0.148. The quantitative estimate of drug-likeness (QED) is 0.799. The Balaban J connectivity index is 1.76. The van der Waals surface area contributed by atoms with Gasteiger partial charge in [0.05, 0.1) is 23.1 Å². The van der Waals surface area contributed by atoms with Crippen molar-refractivity contribution in [2.45, 2.75) is 32.8 Å². The Morgan fingerprint density at radius 3 is 2.39 bits per heavy atom. The van der Waals surface area contributed by atoms with Crippen LogP contribution in [0.3, 0.4) is 0 Å².